The minimum Gasteiger partial charge on any atom is -0.384 e. The molecule has 1 aromatic heterocycles. The number of piperazine rings is 1. The average molecular weight is 392 g/mol. The molecule has 3 rings (SSSR count). The van der Waals surface area contributed by atoms with Crippen LogP contribution in [-0.4, -0.2) is 57.6 Å². The van der Waals surface area contributed by atoms with E-state index in [0.29, 0.717) is 16.7 Å². The summed E-state index contributed by atoms with van der Waals surface area (Å²) in [7, 11) is 0. The van der Waals surface area contributed by atoms with Crippen LogP contribution in [0.2, 0.25) is 5.02 Å². The highest BCUT2D eigenvalue weighted by atomic mass is 35.5. The molecule has 0 bridgehead atoms. The molecule has 1 aromatic carbocycles. The van der Waals surface area contributed by atoms with Crippen molar-refractivity contribution in [1.82, 2.24) is 19.8 Å². The van der Waals surface area contributed by atoms with Crippen molar-refractivity contribution < 1.29 is 4.79 Å². The van der Waals surface area contributed by atoms with Crippen molar-refractivity contribution in [2.24, 2.45) is 0 Å². The molecule has 2 aromatic rings. The molecule has 2 heterocycles. The third kappa shape index (κ3) is 5.33. The monoisotopic (exact) mass is 391 g/mol. The van der Waals surface area contributed by atoms with Crippen molar-refractivity contribution in [2.45, 2.75) is 18.6 Å². The first kappa shape index (κ1) is 18.9. The summed E-state index contributed by atoms with van der Waals surface area (Å²) in [5, 5.41) is 1.31. The minimum atomic E-state index is 0.112. The van der Waals surface area contributed by atoms with E-state index >= 15 is 0 Å². The van der Waals surface area contributed by atoms with Crippen molar-refractivity contribution in [1.29, 1.82) is 0 Å². The number of rotatable bonds is 5. The molecule has 0 spiro atoms. The summed E-state index contributed by atoms with van der Waals surface area (Å²) in [6.07, 6.45) is 0. The Bertz CT molecular complexity index is 760. The van der Waals surface area contributed by atoms with Crippen LogP contribution < -0.4 is 5.73 Å². The van der Waals surface area contributed by atoms with Crippen molar-refractivity contribution in [3.05, 3.63) is 46.6 Å². The normalized spacial score (nSPS) is 15.2. The molecule has 2 N–H and O–H groups in total. The van der Waals surface area contributed by atoms with Gasteiger partial charge < -0.3 is 10.6 Å². The van der Waals surface area contributed by atoms with E-state index in [1.807, 2.05) is 30.0 Å². The zero-order valence-corrected chi connectivity index (χ0v) is 16.3. The summed E-state index contributed by atoms with van der Waals surface area (Å²) in [6.45, 7) is 5.90. The van der Waals surface area contributed by atoms with Gasteiger partial charge in [-0.25, -0.2) is 9.97 Å². The van der Waals surface area contributed by atoms with E-state index in [1.54, 1.807) is 6.07 Å². The first-order valence-electron chi connectivity index (χ1n) is 8.48. The number of thioether (sulfide) groups is 1. The standard InChI is InChI=1S/C18H22ClN5OS/c1-13-9-16(20)22-18(21-13)26-12-17(25)24-7-5-23(6-8-24)11-14-3-2-4-15(19)10-14/h2-4,9-10H,5-8,11-12H2,1H3,(H2,20,21,22). The highest BCUT2D eigenvalue weighted by Crippen LogP contribution is 2.17. The lowest BCUT2D eigenvalue weighted by Crippen LogP contribution is -2.48. The van der Waals surface area contributed by atoms with Crippen LogP contribution in [-0.2, 0) is 11.3 Å². The third-order valence-electron chi connectivity index (χ3n) is 4.20. The van der Waals surface area contributed by atoms with Crippen molar-refractivity contribution >= 4 is 35.1 Å². The molecule has 1 aliphatic heterocycles. The Balaban J connectivity index is 1.46. The van der Waals surface area contributed by atoms with Gasteiger partial charge in [0.05, 0.1) is 5.75 Å². The molecule has 0 aliphatic carbocycles. The van der Waals surface area contributed by atoms with Crippen LogP contribution in [0.15, 0.2) is 35.5 Å². The zero-order valence-electron chi connectivity index (χ0n) is 14.7. The fourth-order valence-corrected chi connectivity index (χ4v) is 3.92. The Labute approximate surface area is 162 Å². The van der Waals surface area contributed by atoms with Crippen LogP contribution in [0.5, 0.6) is 0 Å². The molecule has 0 unspecified atom stereocenters. The molecule has 6 nitrogen and oxygen atoms in total. The second kappa shape index (κ2) is 8.70. The Hall–Kier alpha value is -1.83. The largest absolute Gasteiger partial charge is 0.384 e. The molecular weight excluding hydrogens is 370 g/mol. The van der Waals surface area contributed by atoms with Crippen LogP contribution in [0.1, 0.15) is 11.3 Å². The number of nitrogens with zero attached hydrogens (tertiary/aromatic N) is 4. The fraction of sp³-hybridized carbons (Fsp3) is 0.389. The number of hydrogen-bond acceptors (Lipinski definition) is 6. The van der Waals surface area contributed by atoms with Gasteiger partial charge in [-0.1, -0.05) is 35.5 Å². The van der Waals surface area contributed by atoms with Crippen molar-refractivity contribution in [3.8, 4) is 0 Å². The van der Waals surface area contributed by atoms with Gasteiger partial charge in [0.25, 0.3) is 0 Å². The summed E-state index contributed by atoms with van der Waals surface area (Å²) < 4.78 is 0. The van der Waals surface area contributed by atoms with Crippen molar-refractivity contribution in [2.75, 3.05) is 37.7 Å². The van der Waals surface area contributed by atoms with Crippen LogP contribution in [0.3, 0.4) is 0 Å². The first-order chi connectivity index (χ1) is 12.5. The smallest absolute Gasteiger partial charge is 0.233 e. The summed E-state index contributed by atoms with van der Waals surface area (Å²) in [5.41, 5.74) is 7.73. The second-order valence-electron chi connectivity index (χ2n) is 6.29. The van der Waals surface area contributed by atoms with E-state index in [9.17, 15) is 4.79 Å². The molecule has 1 amide bonds. The maximum Gasteiger partial charge on any atom is 0.233 e. The molecule has 0 saturated carbocycles. The average Bonchev–Trinajstić information content (AvgIpc) is 2.59. The molecule has 1 fully saturated rings. The topological polar surface area (TPSA) is 75.3 Å². The molecule has 138 valence electrons. The maximum absolute atomic E-state index is 12.4. The highest BCUT2D eigenvalue weighted by Gasteiger charge is 2.21. The van der Waals surface area contributed by atoms with Gasteiger partial charge in [0, 0.05) is 49.5 Å². The van der Waals surface area contributed by atoms with Gasteiger partial charge in [0.2, 0.25) is 5.91 Å². The number of carbonyl (C=O) groups is 1. The number of anilines is 1. The van der Waals surface area contributed by atoms with E-state index < -0.39 is 0 Å². The number of nitrogens with two attached hydrogens (primary N) is 1. The molecular formula is C18H22ClN5OS. The molecule has 0 atom stereocenters. The highest BCUT2D eigenvalue weighted by molar-refractivity contribution is 7.99. The number of hydrogen-bond donors (Lipinski definition) is 1. The fourth-order valence-electron chi connectivity index (χ4n) is 2.90. The predicted molar refractivity (Wildman–Crippen MR) is 105 cm³/mol. The molecule has 8 heteroatoms. The van der Waals surface area contributed by atoms with Gasteiger partial charge in [0.1, 0.15) is 5.82 Å². The molecule has 1 saturated heterocycles. The molecule has 1 aliphatic rings. The number of halogens is 1. The Morgan fingerprint density at radius 2 is 2.00 bits per heavy atom. The van der Waals surface area contributed by atoms with E-state index in [-0.39, 0.29) is 5.91 Å². The number of benzene rings is 1. The van der Waals surface area contributed by atoms with Gasteiger partial charge in [0.15, 0.2) is 5.16 Å². The number of nitrogen functional groups attached to an aromatic ring is 1. The van der Waals surface area contributed by atoms with Gasteiger partial charge in [-0.2, -0.15) is 0 Å². The zero-order chi connectivity index (χ0) is 18.5. The van der Waals surface area contributed by atoms with Crippen LogP contribution in [0, 0.1) is 6.92 Å². The summed E-state index contributed by atoms with van der Waals surface area (Å²) >= 11 is 7.37. The molecule has 0 radical (unpaired) electrons. The first-order valence-corrected chi connectivity index (χ1v) is 9.84. The summed E-state index contributed by atoms with van der Waals surface area (Å²) in [5.74, 6) is 0.875. The van der Waals surface area contributed by atoms with Crippen LogP contribution in [0.25, 0.3) is 0 Å². The second-order valence-corrected chi connectivity index (χ2v) is 7.67. The molecule has 26 heavy (non-hydrogen) atoms. The van der Waals surface area contributed by atoms with Gasteiger partial charge in [-0.05, 0) is 24.6 Å². The Morgan fingerprint density at radius 3 is 2.69 bits per heavy atom. The quantitative estimate of drug-likeness (QED) is 0.623. The van der Waals surface area contributed by atoms with Crippen LogP contribution >= 0.6 is 23.4 Å². The van der Waals surface area contributed by atoms with Gasteiger partial charge in [-0.15, -0.1) is 0 Å². The van der Waals surface area contributed by atoms with Crippen molar-refractivity contribution in [3.63, 3.8) is 0 Å². The number of aryl methyl sites for hydroxylation is 1. The number of amides is 1. The lowest BCUT2D eigenvalue weighted by molar-refractivity contribution is -0.130. The maximum atomic E-state index is 12.4. The number of carbonyl (C=O) groups excluding carboxylic acids is 1. The minimum absolute atomic E-state index is 0.112. The lowest BCUT2D eigenvalue weighted by atomic mass is 10.2. The summed E-state index contributed by atoms with van der Waals surface area (Å²) in [6, 6.07) is 9.63. The lowest BCUT2D eigenvalue weighted by Gasteiger charge is -2.34. The predicted octanol–water partition coefficient (Wildman–Crippen LogP) is 2.46. The van der Waals surface area contributed by atoms with Gasteiger partial charge in [-0.3, -0.25) is 9.69 Å². The van der Waals surface area contributed by atoms with E-state index in [1.165, 1.54) is 17.3 Å². The van der Waals surface area contributed by atoms with E-state index in [0.717, 1.165) is 43.4 Å². The Morgan fingerprint density at radius 1 is 1.23 bits per heavy atom. The number of aromatic nitrogens is 2. The Kier molecular flexibility index (Phi) is 6.34. The van der Waals surface area contributed by atoms with E-state index in [2.05, 4.69) is 20.9 Å². The SMILES string of the molecule is Cc1cc(N)nc(SCC(=O)N2CCN(Cc3cccc(Cl)c3)CC2)n1. The van der Waals surface area contributed by atoms with Gasteiger partial charge >= 0.3 is 0 Å². The summed E-state index contributed by atoms with van der Waals surface area (Å²) in [4.78, 5) is 25.1. The van der Waals surface area contributed by atoms with Crippen LogP contribution in [0.4, 0.5) is 5.82 Å². The third-order valence-corrected chi connectivity index (χ3v) is 5.27. The van der Waals surface area contributed by atoms with E-state index in [4.69, 9.17) is 17.3 Å².